The van der Waals surface area contributed by atoms with Crippen LogP contribution in [0.3, 0.4) is 0 Å². The Labute approximate surface area is 117 Å². The summed E-state index contributed by atoms with van der Waals surface area (Å²) in [6, 6.07) is 4.99. The van der Waals surface area contributed by atoms with Gasteiger partial charge in [-0.1, -0.05) is 13.0 Å². The normalized spacial score (nSPS) is 13.4. The van der Waals surface area contributed by atoms with Crippen molar-refractivity contribution in [1.82, 2.24) is 5.32 Å². The third-order valence-corrected chi connectivity index (χ3v) is 3.04. The first kappa shape index (κ1) is 16.0. The molecule has 0 saturated heterocycles. The van der Waals surface area contributed by atoms with Crippen LogP contribution in [-0.2, 0) is 11.2 Å². The number of hydrogen-bond donors (Lipinski definition) is 4. The van der Waals surface area contributed by atoms with Crippen LogP contribution in [0, 0.1) is 6.92 Å². The van der Waals surface area contributed by atoms with Gasteiger partial charge in [0.1, 0.15) is 0 Å². The first-order valence-corrected chi connectivity index (χ1v) is 6.36. The standard InChI is InChI=1S/C14H20N2O4/c1-4-10-5-6-11(7-9(10)2)16-13(19)15-8-14(3,20)12(17)18/h5-7,20H,4,8H2,1-3H3,(H,17,18)(H2,15,16,19). The summed E-state index contributed by atoms with van der Waals surface area (Å²) in [7, 11) is 0. The third kappa shape index (κ3) is 4.24. The summed E-state index contributed by atoms with van der Waals surface area (Å²) in [6.45, 7) is 4.75. The van der Waals surface area contributed by atoms with E-state index in [4.69, 9.17) is 5.11 Å². The van der Waals surface area contributed by atoms with Gasteiger partial charge in [-0.05, 0) is 43.5 Å². The van der Waals surface area contributed by atoms with Crippen molar-refractivity contribution in [1.29, 1.82) is 0 Å². The average molecular weight is 280 g/mol. The Bertz CT molecular complexity index is 512. The predicted molar refractivity (Wildman–Crippen MR) is 75.8 cm³/mol. The minimum atomic E-state index is -1.99. The maximum absolute atomic E-state index is 11.6. The zero-order valence-electron chi connectivity index (χ0n) is 11.9. The van der Waals surface area contributed by atoms with Crippen LogP contribution < -0.4 is 10.6 Å². The van der Waals surface area contributed by atoms with Crippen molar-refractivity contribution in [2.24, 2.45) is 0 Å². The average Bonchev–Trinajstić information content (AvgIpc) is 2.36. The highest BCUT2D eigenvalue weighted by Crippen LogP contribution is 2.15. The quantitative estimate of drug-likeness (QED) is 0.657. The molecule has 1 aromatic carbocycles. The van der Waals surface area contributed by atoms with Gasteiger partial charge in [0, 0.05) is 5.69 Å². The fraction of sp³-hybridized carbons (Fsp3) is 0.429. The zero-order chi connectivity index (χ0) is 15.3. The van der Waals surface area contributed by atoms with Gasteiger partial charge in [-0.2, -0.15) is 0 Å². The summed E-state index contributed by atoms with van der Waals surface area (Å²) < 4.78 is 0. The number of aliphatic hydroxyl groups is 1. The number of carboxylic acid groups (broad SMARTS) is 1. The van der Waals surface area contributed by atoms with Crippen molar-refractivity contribution in [3.8, 4) is 0 Å². The SMILES string of the molecule is CCc1ccc(NC(=O)NCC(C)(O)C(=O)O)cc1C. The van der Waals surface area contributed by atoms with E-state index in [2.05, 4.69) is 17.6 Å². The van der Waals surface area contributed by atoms with Gasteiger partial charge >= 0.3 is 12.0 Å². The van der Waals surface area contributed by atoms with Gasteiger partial charge in [0.2, 0.25) is 0 Å². The molecule has 0 radical (unpaired) electrons. The third-order valence-electron chi connectivity index (χ3n) is 3.04. The Hall–Kier alpha value is -2.08. The van der Waals surface area contributed by atoms with Crippen LogP contribution in [0.1, 0.15) is 25.0 Å². The molecule has 0 bridgehead atoms. The van der Waals surface area contributed by atoms with Crippen molar-refractivity contribution < 1.29 is 19.8 Å². The van der Waals surface area contributed by atoms with Gasteiger partial charge in [0.15, 0.2) is 5.60 Å². The predicted octanol–water partition coefficient (Wildman–Crippen LogP) is 1.51. The molecule has 20 heavy (non-hydrogen) atoms. The molecule has 1 aromatic rings. The molecule has 110 valence electrons. The van der Waals surface area contributed by atoms with Crippen molar-refractivity contribution >= 4 is 17.7 Å². The van der Waals surface area contributed by atoms with E-state index in [1.807, 2.05) is 19.1 Å². The number of rotatable bonds is 5. The van der Waals surface area contributed by atoms with Gasteiger partial charge < -0.3 is 20.8 Å². The van der Waals surface area contributed by atoms with E-state index in [1.165, 1.54) is 5.56 Å². The number of urea groups is 1. The van der Waals surface area contributed by atoms with Crippen LogP contribution in [-0.4, -0.2) is 34.4 Å². The number of carboxylic acids is 1. The molecule has 2 amide bonds. The number of hydrogen-bond acceptors (Lipinski definition) is 3. The van der Waals surface area contributed by atoms with Gasteiger partial charge in [0.25, 0.3) is 0 Å². The number of amides is 2. The van der Waals surface area contributed by atoms with Crippen molar-refractivity contribution in [3.63, 3.8) is 0 Å². The van der Waals surface area contributed by atoms with Crippen LogP contribution in [0.5, 0.6) is 0 Å². The monoisotopic (exact) mass is 280 g/mol. The van der Waals surface area contributed by atoms with E-state index in [-0.39, 0.29) is 6.54 Å². The fourth-order valence-electron chi connectivity index (χ4n) is 1.67. The Morgan fingerprint density at radius 3 is 2.50 bits per heavy atom. The molecule has 0 aliphatic carbocycles. The van der Waals surface area contributed by atoms with E-state index in [9.17, 15) is 14.7 Å². The molecular weight excluding hydrogens is 260 g/mol. The van der Waals surface area contributed by atoms with Crippen LogP contribution in [0.25, 0.3) is 0 Å². The lowest BCUT2D eigenvalue weighted by atomic mass is 10.1. The first-order chi connectivity index (χ1) is 9.26. The second-order valence-corrected chi connectivity index (χ2v) is 4.88. The summed E-state index contributed by atoms with van der Waals surface area (Å²) in [6.07, 6.45) is 0.916. The molecule has 0 aliphatic heterocycles. The lowest BCUT2D eigenvalue weighted by Gasteiger charge is -2.18. The maximum Gasteiger partial charge on any atom is 0.337 e. The number of nitrogens with one attached hydrogen (secondary N) is 2. The molecular formula is C14H20N2O4. The van der Waals surface area contributed by atoms with Crippen molar-refractivity contribution in [3.05, 3.63) is 29.3 Å². The van der Waals surface area contributed by atoms with Gasteiger partial charge in [-0.3, -0.25) is 0 Å². The minimum absolute atomic E-state index is 0.375. The molecule has 0 saturated carbocycles. The van der Waals surface area contributed by atoms with E-state index in [0.29, 0.717) is 5.69 Å². The Balaban J connectivity index is 2.59. The highest BCUT2D eigenvalue weighted by molar-refractivity contribution is 5.90. The van der Waals surface area contributed by atoms with E-state index < -0.39 is 17.6 Å². The summed E-state index contributed by atoms with van der Waals surface area (Å²) in [5, 5.41) is 23.1. The van der Waals surface area contributed by atoms with Crippen LogP contribution in [0.2, 0.25) is 0 Å². The number of carbonyl (C=O) groups excluding carboxylic acids is 1. The minimum Gasteiger partial charge on any atom is -0.479 e. The molecule has 0 spiro atoms. The Morgan fingerprint density at radius 2 is 2.00 bits per heavy atom. The van der Waals surface area contributed by atoms with Crippen LogP contribution in [0.4, 0.5) is 10.5 Å². The highest BCUT2D eigenvalue weighted by atomic mass is 16.4. The van der Waals surface area contributed by atoms with Gasteiger partial charge in [-0.15, -0.1) is 0 Å². The summed E-state index contributed by atoms with van der Waals surface area (Å²) >= 11 is 0. The molecule has 1 rings (SSSR count). The maximum atomic E-state index is 11.6. The lowest BCUT2D eigenvalue weighted by molar-refractivity contribution is -0.155. The van der Waals surface area contributed by atoms with Gasteiger partial charge in [0.05, 0.1) is 6.54 Å². The number of aliphatic carboxylic acids is 1. The molecule has 0 heterocycles. The Morgan fingerprint density at radius 1 is 1.35 bits per heavy atom. The Kier molecular flexibility index (Phi) is 5.10. The van der Waals surface area contributed by atoms with E-state index in [1.54, 1.807) is 6.07 Å². The number of benzene rings is 1. The highest BCUT2D eigenvalue weighted by Gasteiger charge is 2.30. The molecule has 0 aliphatic rings. The van der Waals surface area contributed by atoms with Crippen LogP contribution in [0.15, 0.2) is 18.2 Å². The fourth-order valence-corrected chi connectivity index (χ4v) is 1.67. The lowest BCUT2D eigenvalue weighted by Crippen LogP contribution is -2.47. The van der Waals surface area contributed by atoms with E-state index in [0.717, 1.165) is 18.9 Å². The summed E-state index contributed by atoms with van der Waals surface area (Å²) in [5.74, 6) is -1.39. The van der Waals surface area contributed by atoms with E-state index >= 15 is 0 Å². The zero-order valence-corrected chi connectivity index (χ0v) is 11.9. The second-order valence-electron chi connectivity index (χ2n) is 4.88. The van der Waals surface area contributed by atoms with Gasteiger partial charge in [-0.25, -0.2) is 9.59 Å². The first-order valence-electron chi connectivity index (χ1n) is 6.36. The molecule has 6 heteroatoms. The molecule has 6 nitrogen and oxygen atoms in total. The molecule has 4 N–H and O–H groups in total. The number of aryl methyl sites for hydroxylation is 2. The van der Waals surface area contributed by atoms with Crippen LogP contribution >= 0.6 is 0 Å². The summed E-state index contributed by atoms with van der Waals surface area (Å²) in [5.41, 5.74) is 0.902. The molecule has 0 aromatic heterocycles. The van der Waals surface area contributed by atoms with Crippen molar-refractivity contribution in [2.75, 3.05) is 11.9 Å². The topological polar surface area (TPSA) is 98.7 Å². The number of carbonyl (C=O) groups is 2. The number of anilines is 1. The molecule has 1 unspecified atom stereocenters. The molecule has 0 fully saturated rings. The summed E-state index contributed by atoms with van der Waals surface area (Å²) in [4.78, 5) is 22.3. The largest absolute Gasteiger partial charge is 0.479 e. The smallest absolute Gasteiger partial charge is 0.337 e. The second kappa shape index (κ2) is 6.38. The van der Waals surface area contributed by atoms with Crippen molar-refractivity contribution in [2.45, 2.75) is 32.8 Å². The molecule has 1 atom stereocenters.